The molecule has 2 rings (SSSR count). The molecular weight excluding hydrogens is 242 g/mol. The number of ketones is 1. The third kappa shape index (κ3) is 2.50. The van der Waals surface area contributed by atoms with Gasteiger partial charge >= 0.3 is 0 Å². The molecule has 0 amide bonds. The summed E-state index contributed by atoms with van der Waals surface area (Å²) in [4.78, 5) is 14.0. The molecular formula is C14H17N3O2. The summed E-state index contributed by atoms with van der Waals surface area (Å²) in [7, 11) is 1.55. The molecule has 0 radical (unpaired) electrons. The minimum absolute atomic E-state index is 0.00255. The van der Waals surface area contributed by atoms with E-state index >= 15 is 0 Å². The van der Waals surface area contributed by atoms with Crippen LogP contribution >= 0.6 is 0 Å². The van der Waals surface area contributed by atoms with Gasteiger partial charge < -0.3 is 4.74 Å². The molecule has 0 aliphatic carbocycles. The first-order valence-corrected chi connectivity index (χ1v) is 6.03. The van der Waals surface area contributed by atoms with Gasteiger partial charge in [0, 0.05) is 5.41 Å². The molecule has 0 N–H and O–H groups in total. The van der Waals surface area contributed by atoms with Crippen molar-refractivity contribution in [3.05, 3.63) is 36.2 Å². The van der Waals surface area contributed by atoms with Crippen molar-refractivity contribution in [3.63, 3.8) is 0 Å². The van der Waals surface area contributed by atoms with Crippen LogP contribution in [0, 0.1) is 5.41 Å². The average molecular weight is 259 g/mol. The predicted molar refractivity (Wildman–Crippen MR) is 71.7 cm³/mol. The molecule has 0 saturated carbocycles. The van der Waals surface area contributed by atoms with Crippen LogP contribution in [0.2, 0.25) is 0 Å². The molecule has 0 aliphatic heterocycles. The van der Waals surface area contributed by atoms with Gasteiger partial charge in [0.2, 0.25) is 0 Å². The highest BCUT2D eigenvalue weighted by Gasteiger charge is 2.29. The molecule has 0 fully saturated rings. The third-order valence-electron chi connectivity index (χ3n) is 2.77. The van der Waals surface area contributed by atoms with Crippen molar-refractivity contribution < 1.29 is 9.53 Å². The smallest absolute Gasteiger partial charge is 0.174 e. The zero-order valence-corrected chi connectivity index (χ0v) is 11.5. The number of Topliss-reactive ketones (excluding diaryl/α,β-unsaturated/α-hetero) is 1. The van der Waals surface area contributed by atoms with E-state index in [2.05, 4.69) is 10.2 Å². The Morgan fingerprint density at radius 3 is 2.37 bits per heavy atom. The van der Waals surface area contributed by atoms with E-state index in [-0.39, 0.29) is 5.78 Å². The number of carbonyl (C=O) groups excluding carboxylic acids is 1. The van der Waals surface area contributed by atoms with Gasteiger partial charge in [0.25, 0.3) is 0 Å². The fraction of sp³-hybridized carbons (Fsp3) is 0.357. The molecule has 0 bridgehead atoms. The Bertz CT molecular complexity index is 583. The molecule has 0 spiro atoms. The first kappa shape index (κ1) is 13.3. The highest BCUT2D eigenvalue weighted by atomic mass is 16.5. The van der Waals surface area contributed by atoms with Crippen molar-refractivity contribution in [3.8, 4) is 11.4 Å². The van der Waals surface area contributed by atoms with Crippen molar-refractivity contribution >= 4 is 5.78 Å². The van der Waals surface area contributed by atoms with Gasteiger partial charge in [-0.25, -0.2) is 0 Å². The Balaban J connectivity index is 2.66. The Labute approximate surface area is 112 Å². The lowest BCUT2D eigenvalue weighted by atomic mass is 9.85. The van der Waals surface area contributed by atoms with Crippen molar-refractivity contribution in [2.45, 2.75) is 20.8 Å². The van der Waals surface area contributed by atoms with Crippen molar-refractivity contribution in [1.29, 1.82) is 0 Å². The lowest BCUT2D eigenvalue weighted by molar-refractivity contribution is 0.0854. The molecule has 5 heteroatoms. The van der Waals surface area contributed by atoms with E-state index in [1.165, 1.54) is 4.80 Å². The summed E-state index contributed by atoms with van der Waals surface area (Å²) >= 11 is 0. The van der Waals surface area contributed by atoms with Gasteiger partial charge in [0.1, 0.15) is 11.4 Å². The minimum atomic E-state index is -0.503. The highest BCUT2D eigenvalue weighted by molar-refractivity contribution is 6.05. The monoisotopic (exact) mass is 259 g/mol. The van der Waals surface area contributed by atoms with Crippen LogP contribution in [0.15, 0.2) is 30.6 Å². The quantitative estimate of drug-likeness (QED) is 0.795. The third-order valence-corrected chi connectivity index (χ3v) is 2.77. The summed E-state index contributed by atoms with van der Waals surface area (Å²) in [6.45, 7) is 5.63. The molecule has 0 unspecified atom stereocenters. The summed E-state index contributed by atoms with van der Waals surface area (Å²) in [6, 6.07) is 5.39. The average Bonchev–Trinajstić information content (AvgIpc) is 2.89. The Morgan fingerprint density at radius 2 is 1.84 bits per heavy atom. The molecule has 0 saturated heterocycles. The van der Waals surface area contributed by atoms with E-state index in [9.17, 15) is 4.79 Å². The second-order valence-corrected chi connectivity index (χ2v) is 5.25. The first-order chi connectivity index (χ1) is 8.95. The van der Waals surface area contributed by atoms with Crippen LogP contribution in [0.4, 0.5) is 0 Å². The number of rotatable bonds is 3. The maximum absolute atomic E-state index is 12.6. The van der Waals surface area contributed by atoms with Gasteiger partial charge in [-0.3, -0.25) is 4.79 Å². The molecule has 19 heavy (non-hydrogen) atoms. The largest absolute Gasteiger partial charge is 0.496 e. The van der Waals surface area contributed by atoms with Crippen LogP contribution in [0.5, 0.6) is 5.75 Å². The number of ether oxygens (including phenoxy) is 1. The maximum atomic E-state index is 12.6. The number of aromatic nitrogens is 3. The van der Waals surface area contributed by atoms with Crippen molar-refractivity contribution in [2.75, 3.05) is 7.11 Å². The maximum Gasteiger partial charge on any atom is 0.174 e. The molecule has 1 aromatic heterocycles. The summed E-state index contributed by atoms with van der Waals surface area (Å²) in [5, 5.41) is 8.17. The molecule has 1 aromatic carbocycles. The second kappa shape index (κ2) is 4.84. The van der Waals surface area contributed by atoms with Gasteiger partial charge in [0.15, 0.2) is 5.78 Å². The van der Waals surface area contributed by atoms with E-state index in [1.807, 2.05) is 32.9 Å². The lowest BCUT2D eigenvalue weighted by Gasteiger charge is -2.20. The molecule has 2 aromatic rings. The summed E-state index contributed by atoms with van der Waals surface area (Å²) in [5.41, 5.74) is 0.634. The van der Waals surface area contributed by atoms with Crippen LogP contribution < -0.4 is 4.74 Å². The Hall–Kier alpha value is -2.17. The number of carbonyl (C=O) groups is 1. The topological polar surface area (TPSA) is 57.0 Å². The van der Waals surface area contributed by atoms with Gasteiger partial charge in [-0.2, -0.15) is 15.0 Å². The van der Waals surface area contributed by atoms with E-state index in [4.69, 9.17) is 4.74 Å². The number of hydrogen-bond donors (Lipinski definition) is 0. The van der Waals surface area contributed by atoms with Crippen LogP contribution in [0.25, 0.3) is 5.69 Å². The fourth-order valence-corrected chi connectivity index (χ4v) is 1.80. The van der Waals surface area contributed by atoms with Gasteiger partial charge in [-0.05, 0) is 12.1 Å². The second-order valence-electron chi connectivity index (χ2n) is 5.25. The van der Waals surface area contributed by atoms with Crippen LogP contribution in [0.1, 0.15) is 31.1 Å². The van der Waals surface area contributed by atoms with Crippen LogP contribution in [-0.4, -0.2) is 27.9 Å². The van der Waals surface area contributed by atoms with Crippen molar-refractivity contribution in [2.24, 2.45) is 5.41 Å². The minimum Gasteiger partial charge on any atom is -0.496 e. The molecule has 100 valence electrons. The van der Waals surface area contributed by atoms with Gasteiger partial charge in [-0.15, -0.1) is 0 Å². The first-order valence-electron chi connectivity index (χ1n) is 6.03. The molecule has 5 nitrogen and oxygen atoms in total. The summed E-state index contributed by atoms with van der Waals surface area (Å²) in [5.74, 6) is 0.534. The number of nitrogens with zero attached hydrogens (tertiary/aromatic N) is 3. The molecule has 0 aliphatic rings. The SMILES string of the molecule is COc1cccc(-n2nccn2)c1C(=O)C(C)(C)C. The van der Waals surface area contributed by atoms with Crippen LogP contribution in [0.3, 0.4) is 0 Å². The van der Waals surface area contributed by atoms with E-state index < -0.39 is 5.41 Å². The zero-order chi connectivity index (χ0) is 14.0. The highest BCUT2D eigenvalue weighted by Crippen LogP contribution is 2.31. The van der Waals surface area contributed by atoms with Gasteiger partial charge in [0.05, 0.1) is 25.1 Å². The number of benzene rings is 1. The van der Waals surface area contributed by atoms with Crippen LogP contribution in [-0.2, 0) is 0 Å². The number of hydrogen-bond acceptors (Lipinski definition) is 4. The lowest BCUT2D eigenvalue weighted by Crippen LogP contribution is -2.23. The normalized spacial score (nSPS) is 11.4. The van der Waals surface area contributed by atoms with E-state index in [1.54, 1.807) is 25.6 Å². The predicted octanol–water partition coefficient (Wildman–Crippen LogP) is 2.50. The molecule has 1 heterocycles. The molecule has 0 atom stereocenters. The Kier molecular flexibility index (Phi) is 3.38. The van der Waals surface area contributed by atoms with E-state index in [0.717, 1.165) is 0 Å². The number of methoxy groups -OCH3 is 1. The Morgan fingerprint density at radius 1 is 1.21 bits per heavy atom. The van der Waals surface area contributed by atoms with E-state index in [0.29, 0.717) is 17.0 Å². The standard InChI is InChI=1S/C14H17N3O2/c1-14(2,3)13(18)12-10(17-15-8-9-16-17)6-5-7-11(12)19-4/h5-9H,1-4H3. The fourth-order valence-electron chi connectivity index (χ4n) is 1.80. The van der Waals surface area contributed by atoms with Gasteiger partial charge in [-0.1, -0.05) is 26.8 Å². The summed E-state index contributed by atoms with van der Waals surface area (Å²) < 4.78 is 5.31. The zero-order valence-electron chi connectivity index (χ0n) is 11.5. The van der Waals surface area contributed by atoms with Crippen molar-refractivity contribution in [1.82, 2.24) is 15.0 Å². The summed E-state index contributed by atoms with van der Waals surface area (Å²) in [6.07, 6.45) is 3.15.